The van der Waals surface area contributed by atoms with Crippen molar-refractivity contribution in [2.75, 3.05) is 26.3 Å². The molecule has 0 unspecified atom stereocenters. The van der Waals surface area contributed by atoms with Crippen LogP contribution in [0, 0.1) is 10.8 Å². The maximum absolute atomic E-state index is 6.02. The zero-order chi connectivity index (χ0) is 22.6. The minimum Gasteiger partial charge on any atom is -0.381 e. The van der Waals surface area contributed by atoms with Crippen LogP contribution < -0.4 is 10.6 Å². The fourth-order valence-electron chi connectivity index (χ4n) is 4.01. The summed E-state index contributed by atoms with van der Waals surface area (Å²) in [7, 11) is 0. The molecule has 3 heteroatoms. The van der Waals surface area contributed by atoms with Gasteiger partial charge in [0.25, 0.3) is 0 Å². The van der Waals surface area contributed by atoms with Crippen molar-refractivity contribution in [3.63, 3.8) is 0 Å². The van der Waals surface area contributed by atoms with Gasteiger partial charge in [0.1, 0.15) is 0 Å². The maximum atomic E-state index is 6.02. The molecule has 0 aromatic heterocycles. The van der Waals surface area contributed by atoms with Gasteiger partial charge in [-0.3, -0.25) is 0 Å². The summed E-state index contributed by atoms with van der Waals surface area (Å²) in [6.07, 6.45) is 10.1. The summed E-state index contributed by atoms with van der Waals surface area (Å²) in [6, 6.07) is 0. The van der Waals surface area contributed by atoms with Gasteiger partial charge in [0, 0.05) is 17.7 Å². The number of hydrogen-bond acceptors (Lipinski definition) is 3. The molecule has 0 heterocycles. The summed E-state index contributed by atoms with van der Waals surface area (Å²) in [5.74, 6) is 0. The normalized spacial score (nSPS) is 13.9. The van der Waals surface area contributed by atoms with Crippen LogP contribution in [0.5, 0.6) is 0 Å². The topological polar surface area (TPSA) is 33.3 Å². The van der Waals surface area contributed by atoms with Crippen LogP contribution in [0.2, 0.25) is 0 Å². The van der Waals surface area contributed by atoms with Crippen LogP contribution >= 0.6 is 0 Å². The molecule has 0 amide bonds. The average Bonchev–Trinajstić information content (AvgIpc) is 2.49. The molecule has 0 rings (SSSR count). The van der Waals surface area contributed by atoms with Gasteiger partial charge in [-0.05, 0) is 90.6 Å². The molecule has 2 N–H and O–H groups in total. The molecule has 0 spiro atoms. The molecule has 3 nitrogen and oxygen atoms in total. The Balaban J connectivity index is 3.84. The minimum absolute atomic E-state index is 0.162. The van der Waals surface area contributed by atoms with Crippen LogP contribution in [0.4, 0.5) is 0 Å². The zero-order valence-corrected chi connectivity index (χ0v) is 21.9. The van der Waals surface area contributed by atoms with E-state index >= 15 is 0 Å². The Morgan fingerprint density at radius 2 is 1.17 bits per heavy atom. The van der Waals surface area contributed by atoms with Crippen LogP contribution in [0.15, 0.2) is 0 Å². The smallest absolute Gasteiger partial charge is 0.0517 e. The summed E-state index contributed by atoms with van der Waals surface area (Å²) < 4.78 is 6.02. The molecule has 0 aliphatic rings. The van der Waals surface area contributed by atoms with Gasteiger partial charge < -0.3 is 15.4 Å². The van der Waals surface area contributed by atoms with E-state index < -0.39 is 0 Å². The monoisotopic (exact) mass is 412 g/mol. The molecular weight excluding hydrogens is 356 g/mol. The number of hydrogen-bond donors (Lipinski definition) is 2. The quantitative estimate of drug-likeness (QED) is 0.269. The second kappa shape index (κ2) is 13.3. The molecule has 176 valence electrons. The van der Waals surface area contributed by atoms with E-state index in [1.54, 1.807) is 0 Å². The van der Waals surface area contributed by atoms with Gasteiger partial charge in [-0.25, -0.2) is 0 Å². The van der Waals surface area contributed by atoms with Crippen molar-refractivity contribution >= 4 is 0 Å². The first-order valence-corrected chi connectivity index (χ1v) is 12.2. The van der Waals surface area contributed by atoms with Gasteiger partial charge in [-0.2, -0.15) is 0 Å². The van der Waals surface area contributed by atoms with Crippen LogP contribution in [-0.4, -0.2) is 37.4 Å². The lowest BCUT2D eigenvalue weighted by Gasteiger charge is -2.36. The lowest BCUT2D eigenvalue weighted by atomic mass is 9.80. The Bertz CT molecular complexity index is 364. The third kappa shape index (κ3) is 20.9. The summed E-state index contributed by atoms with van der Waals surface area (Å²) in [4.78, 5) is 0. The largest absolute Gasteiger partial charge is 0.381 e. The summed E-state index contributed by atoms with van der Waals surface area (Å²) in [6.45, 7) is 26.9. The fourth-order valence-corrected chi connectivity index (χ4v) is 4.01. The van der Waals surface area contributed by atoms with Gasteiger partial charge in [0.15, 0.2) is 0 Å². The first-order chi connectivity index (χ1) is 13.1. The predicted octanol–water partition coefficient (Wildman–Crippen LogP) is 6.95. The van der Waals surface area contributed by atoms with Gasteiger partial charge in [0.05, 0.1) is 6.61 Å². The lowest BCUT2D eigenvalue weighted by molar-refractivity contribution is 0.0420. The molecule has 0 bridgehead atoms. The van der Waals surface area contributed by atoms with E-state index in [1.165, 1.54) is 38.5 Å². The van der Waals surface area contributed by atoms with E-state index in [-0.39, 0.29) is 16.5 Å². The number of rotatable bonds is 16. The molecule has 29 heavy (non-hydrogen) atoms. The van der Waals surface area contributed by atoms with Gasteiger partial charge in [0.2, 0.25) is 0 Å². The second-order valence-electron chi connectivity index (χ2n) is 12.8. The van der Waals surface area contributed by atoms with Crippen molar-refractivity contribution in [3.05, 3.63) is 0 Å². The SMILES string of the molecule is CC(C)(C)CCCCCCNC(C)(C)CC(C)(C)COCCCCNC(C)(C)C. The molecule has 0 aromatic rings. The van der Waals surface area contributed by atoms with Gasteiger partial charge in [-0.1, -0.05) is 53.9 Å². The molecule has 0 aromatic carbocycles. The number of ether oxygens (including phenoxy) is 1. The molecule has 0 atom stereocenters. The summed E-state index contributed by atoms with van der Waals surface area (Å²) >= 11 is 0. The molecule has 0 aliphatic heterocycles. The third-order valence-corrected chi connectivity index (χ3v) is 5.24. The Labute approximate surface area is 184 Å². The Kier molecular flexibility index (Phi) is 13.3. The van der Waals surface area contributed by atoms with E-state index in [0.717, 1.165) is 39.1 Å². The Morgan fingerprint density at radius 3 is 1.76 bits per heavy atom. The highest BCUT2D eigenvalue weighted by Crippen LogP contribution is 2.28. The average molecular weight is 413 g/mol. The molecule has 0 saturated heterocycles. The Hall–Kier alpha value is -0.120. The fraction of sp³-hybridized carbons (Fsp3) is 1.00. The molecule has 0 saturated carbocycles. The summed E-state index contributed by atoms with van der Waals surface area (Å²) in [5.41, 5.74) is 1.06. The highest BCUT2D eigenvalue weighted by Gasteiger charge is 2.28. The van der Waals surface area contributed by atoms with Crippen molar-refractivity contribution in [1.29, 1.82) is 0 Å². The standard InChI is InChI=1S/C26H56N2O/c1-23(2,3)17-13-11-12-14-19-28-26(9,10)21-25(7,8)22-29-20-16-15-18-27-24(4,5)6/h27-28H,11-22H2,1-10H3. The summed E-state index contributed by atoms with van der Waals surface area (Å²) in [5, 5.41) is 7.33. The van der Waals surface area contributed by atoms with E-state index in [4.69, 9.17) is 4.74 Å². The van der Waals surface area contributed by atoms with E-state index in [2.05, 4.69) is 79.9 Å². The highest BCUT2D eigenvalue weighted by atomic mass is 16.5. The number of nitrogens with one attached hydrogen (secondary N) is 2. The Morgan fingerprint density at radius 1 is 0.621 bits per heavy atom. The van der Waals surface area contributed by atoms with Crippen molar-refractivity contribution in [2.24, 2.45) is 10.8 Å². The van der Waals surface area contributed by atoms with Crippen molar-refractivity contribution in [1.82, 2.24) is 10.6 Å². The second-order valence-corrected chi connectivity index (χ2v) is 12.8. The highest BCUT2D eigenvalue weighted by molar-refractivity contribution is 4.85. The van der Waals surface area contributed by atoms with E-state index in [1.807, 2.05) is 0 Å². The zero-order valence-electron chi connectivity index (χ0n) is 21.9. The van der Waals surface area contributed by atoms with Crippen molar-refractivity contribution < 1.29 is 4.74 Å². The first kappa shape index (κ1) is 28.9. The molecule has 0 radical (unpaired) electrons. The molecule has 0 aliphatic carbocycles. The van der Waals surface area contributed by atoms with Crippen LogP contribution in [0.1, 0.15) is 121 Å². The van der Waals surface area contributed by atoms with E-state index in [0.29, 0.717) is 5.41 Å². The first-order valence-electron chi connectivity index (χ1n) is 12.2. The molecule has 0 fully saturated rings. The third-order valence-electron chi connectivity index (χ3n) is 5.24. The van der Waals surface area contributed by atoms with Crippen molar-refractivity contribution in [3.8, 4) is 0 Å². The van der Waals surface area contributed by atoms with Gasteiger partial charge >= 0.3 is 0 Å². The maximum Gasteiger partial charge on any atom is 0.0517 e. The van der Waals surface area contributed by atoms with Crippen molar-refractivity contribution in [2.45, 2.75) is 132 Å². The molecular formula is C26H56N2O. The number of unbranched alkanes of at least 4 members (excludes halogenated alkanes) is 4. The van der Waals surface area contributed by atoms with E-state index in [9.17, 15) is 0 Å². The lowest BCUT2D eigenvalue weighted by Crippen LogP contribution is -2.44. The van der Waals surface area contributed by atoms with Crippen LogP contribution in [0.3, 0.4) is 0 Å². The van der Waals surface area contributed by atoms with Crippen LogP contribution in [0.25, 0.3) is 0 Å². The predicted molar refractivity (Wildman–Crippen MR) is 131 cm³/mol. The minimum atomic E-state index is 0.162. The van der Waals surface area contributed by atoms with Crippen LogP contribution in [-0.2, 0) is 4.74 Å². The van der Waals surface area contributed by atoms with Gasteiger partial charge in [-0.15, -0.1) is 0 Å².